The van der Waals surface area contributed by atoms with Gasteiger partial charge < -0.3 is 20.4 Å². The lowest BCUT2D eigenvalue weighted by Crippen LogP contribution is -2.49. The van der Waals surface area contributed by atoms with Crippen molar-refractivity contribution in [3.8, 4) is 0 Å². The molecule has 34 heavy (non-hydrogen) atoms. The van der Waals surface area contributed by atoms with Gasteiger partial charge >= 0.3 is 6.18 Å². The number of aromatic nitrogens is 4. The van der Waals surface area contributed by atoms with Crippen LogP contribution >= 0.6 is 0 Å². The Balaban J connectivity index is 1.59. The Bertz CT molecular complexity index is 1240. The molecule has 3 N–H and O–H groups in total. The summed E-state index contributed by atoms with van der Waals surface area (Å²) in [5, 5.41) is 10.6. The molecule has 0 bridgehead atoms. The van der Waals surface area contributed by atoms with Gasteiger partial charge in [0.15, 0.2) is 0 Å². The molecule has 1 fully saturated rings. The normalized spacial score (nSPS) is 14.9. The van der Waals surface area contributed by atoms with Crippen molar-refractivity contribution in [1.29, 1.82) is 0 Å². The minimum Gasteiger partial charge on any atom is -0.379 e. The van der Waals surface area contributed by atoms with Crippen molar-refractivity contribution in [3.63, 3.8) is 0 Å². The van der Waals surface area contributed by atoms with E-state index >= 15 is 0 Å². The zero-order valence-corrected chi connectivity index (χ0v) is 18.1. The minimum absolute atomic E-state index is 0.0528. The maximum absolute atomic E-state index is 13.3. The van der Waals surface area contributed by atoms with Gasteiger partial charge in [-0.05, 0) is 35.4 Å². The van der Waals surface area contributed by atoms with Crippen LogP contribution in [0.1, 0.15) is 33.1 Å². The lowest BCUT2D eigenvalue weighted by atomic mass is 9.75. The van der Waals surface area contributed by atoms with Crippen molar-refractivity contribution in [2.24, 2.45) is 12.8 Å². The fourth-order valence-electron chi connectivity index (χ4n) is 3.76. The molecule has 4 rings (SSSR count). The summed E-state index contributed by atoms with van der Waals surface area (Å²) >= 11 is 0. The molecule has 0 aliphatic carbocycles. The molecule has 0 unspecified atom stereocenters. The van der Waals surface area contributed by atoms with Gasteiger partial charge in [0.2, 0.25) is 5.91 Å². The highest BCUT2D eigenvalue weighted by molar-refractivity contribution is 6.03. The third-order valence-electron chi connectivity index (χ3n) is 5.58. The summed E-state index contributed by atoms with van der Waals surface area (Å²) in [5.41, 5.74) is 4.19. The molecule has 1 aromatic carbocycles. The van der Waals surface area contributed by atoms with Crippen molar-refractivity contribution in [2.75, 3.05) is 18.5 Å². The topological polar surface area (TPSA) is 125 Å². The number of nitrogens with one attached hydrogen (secondary N) is 1. The minimum atomic E-state index is -4.79. The molecule has 0 atom stereocenters. The van der Waals surface area contributed by atoms with E-state index in [1.807, 2.05) is 17.7 Å². The van der Waals surface area contributed by atoms with Crippen LogP contribution in [0.3, 0.4) is 0 Å². The molecule has 0 spiro atoms. The third kappa shape index (κ3) is 4.91. The molecule has 9 nitrogen and oxygen atoms in total. The second-order valence-corrected chi connectivity index (χ2v) is 8.23. The highest BCUT2D eigenvalue weighted by Gasteiger charge is 2.42. The van der Waals surface area contributed by atoms with E-state index in [0.717, 1.165) is 17.5 Å². The van der Waals surface area contributed by atoms with E-state index in [4.69, 9.17) is 10.5 Å². The molecule has 178 valence electrons. The summed E-state index contributed by atoms with van der Waals surface area (Å²) in [6.45, 7) is 0.895. The zero-order chi connectivity index (χ0) is 24.5. The molecule has 3 aromatic rings. The molecule has 2 aromatic heterocycles. The van der Waals surface area contributed by atoms with Crippen LogP contribution < -0.4 is 11.1 Å². The first kappa shape index (κ1) is 23.4. The average Bonchev–Trinajstić information content (AvgIpc) is 3.13. The molecule has 0 saturated carbocycles. The largest absolute Gasteiger partial charge is 0.433 e. The van der Waals surface area contributed by atoms with E-state index < -0.39 is 35.8 Å². The van der Waals surface area contributed by atoms with Crippen molar-refractivity contribution < 1.29 is 27.5 Å². The van der Waals surface area contributed by atoms with Crippen LogP contribution in [0.5, 0.6) is 0 Å². The number of carbonyl (C=O) groups is 2. The first-order valence-electron chi connectivity index (χ1n) is 10.2. The van der Waals surface area contributed by atoms with Crippen LogP contribution in [0.2, 0.25) is 0 Å². The monoisotopic (exact) mass is 474 g/mol. The number of hydrogen-bond acceptors (Lipinski definition) is 6. The Hall–Kier alpha value is -3.80. The van der Waals surface area contributed by atoms with E-state index in [1.54, 1.807) is 24.5 Å². The van der Waals surface area contributed by atoms with Gasteiger partial charge in [-0.2, -0.15) is 13.2 Å². The fraction of sp³-hybridized carbons (Fsp3) is 0.318. The number of benzene rings is 1. The van der Waals surface area contributed by atoms with E-state index in [-0.39, 0.29) is 11.0 Å². The van der Waals surface area contributed by atoms with Crippen LogP contribution in [-0.4, -0.2) is 44.8 Å². The van der Waals surface area contributed by atoms with Crippen molar-refractivity contribution >= 4 is 17.5 Å². The standard InChI is InChI=1S/C22H21F3N6O3/c1-31-12-27-30-19(31)9-21(10-34-11-21)14-3-2-4-15(8-14)28-20(33)16-5-13(7-18(26)32)6-17(29-16)22(23,24)25/h2-6,8,12H,7,9-11H2,1H3,(H2,26,32)(H,28,33). The van der Waals surface area contributed by atoms with Crippen LogP contribution in [-0.2, 0) is 41.0 Å². The van der Waals surface area contributed by atoms with Gasteiger partial charge in [-0.15, -0.1) is 10.2 Å². The molecule has 2 amide bonds. The molecule has 12 heteroatoms. The Labute approximate surface area is 192 Å². The number of pyridine rings is 1. The van der Waals surface area contributed by atoms with Gasteiger partial charge in [0.05, 0.1) is 19.6 Å². The maximum Gasteiger partial charge on any atom is 0.433 e. The number of hydrogen-bond donors (Lipinski definition) is 2. The number of nitrogens with zero attached hydrogens (tertiary/aromatic N) is 4. The lowest BCUT2D eigenvalue weighted by Gasteiger charge is -2.41. The summed E-state index contributed by atoms with van der Waals surface area (Å²) in [7, 11) is 1.84. The molecule has 1 saturated heterocycles. The number of rotatable bonds is 7. The van der Waals surface area contributed by atoms with Gasteiger partial charge in [-0.1, -0.05) is 12.1 Å². The third-order valence-corrected chi connectivity index (χ3v) is 5.58. The zero-order valence-electron chi connectivity index (χ0n) is 18.1. The van der Waals surface area contributed by atoms with E-state index in [2.05, 4.69) is 20.5 Å². The highest BCUT2D eigenvalue weighted by atomic mass is 19.4. The van der Waals surface area contributed by atoms with Gasteiger partial charge in [-0.25, -0.2) is 4.98 Å². The first-order chi connectivity index (χ1) is 16.1. The summed E-state index contributed by atoms with van der Waals surface area (Å²) in [6.07, 6.45) is -3.08. The van der Waals surface area contributed by atoms with Gasteiger partial charge in [0, 0.05) is 24.6 Å². The highest BCUT2D eigenvalue weighted by Crippen LogP contribution is 2.36. The average molecular weight is 474 g/mol. The number of carbonyl (C=O) groups excluding carboxylic acids is 2. The number of halogens is 3. The smallest absolute Gasteiger partial charge is 0.379 e. The van der Waals surface area contributed by atoms with E-state index in [1.165, 1.54) is 0 Å². The SMILES string of the molecule is Cn1cnnc1CC1(c2cccc(NC(=O)c3cc(CC(N)=O)cc(C(F)(F)F)n3)c2)COC1. The number of anilines is 1. The summed E-state index contributed by atoms with van der Waals surface area (Å²) in [6, 6.07) is 8.81. The maximum atomic E-state index is 13.3. The molecule has 1 aliphatic heterocycles. The molecule has 1 aliphatic rings. The Morgan fingerprint density at radius 1 is 1.24 bits per heavy atom. The number of ether oxygens (including phenoxy) is 1. The predicted octanol–water partition coefficient (Wildman–Crippen LogP) is 2.02. The molecular weight excluding hydrogens is 453 g/mol. The molecule has 3 heterocycles. The van der Waals surface area contributed by atoms with Gasteiger partial charge in [-0.3, -0.25) is 9.59 Å². The number of primary amides is 1. The number of alkyl halides is 3. The summed E-state index contributed by atoms with van der Waals surface area (Å²) in [4.78, 5) is 27.4. The fourth-order valence-corrected chi connectivity index (χ4v) is 3.76. The Kier molecular flexibility index (Phi) is 6.09. The quantitative estimate of drug-likeness (QED) is 0.540. The predicted molar refractivity (Wildman–Crippen MR) is 114 cm³/mol. The van der Waals surface area contributed by atoms with Crippen LogP contribution in [0.25, 0.3) is 0 Å². The Morgan fingerprint density at radius 3 is 2.59 bits per heavy atom. The summed E-state index contributed by atoms with van der Waals surface area (Å²) in [5.74, 6) is -0.900. The second kappa shape index (κ2) is 8.86. The van der Waals surface area contributed by atoms with Crippen molar-refractivity contribution in [1.82, 2.24) is 19.7 Å². The lowest BCUT2D eigenvalue weighted by molar-refractivity contribution is -0.141. The molecule has 0 radical (unpaired) electrons. The van der Waals surface area contributed by atoms with E-state index in [9.17, 15) is 22.8 Å². The van der Waals surface area contributed by atoms with Crippen molar-refractivity contribution in [3.05, 3.63) is 71.1 Å². The van der Waals surface area contributed by atoms with Crippen LogP contribution in [0, 0.1) is 0 Å². The van der Waals surface area contributed by atoms with Gasteiger partial charge in [0.25, 0.3) is 5.91 Å². The van der Waals surface area contributed by atoms with Crippen molar-refractivity contribution in [2.45, 2.75) is 24.4 Å². The summed E-state index contributed by atoms with van der Waals surface area (Å²) < 4.78 is 47.0. The number of nitrogens with two attached hydrogens (primary N) is 1. The Morgan fingerprint density at radius 2 is 2.00 bits per heavy atom. The van der Waals surface area contributed by atoms with Crippen LogP contribution in [0.4, 0.5) is 18.9 Å². The molecular formula is C22H21F3N6O3. The second-order valence-electron chi connectivity index (χ2n) is 8.23. The van der Waals surface area contributed by atoms with Gasteiger partial charge in [0.1, 0.15) is 23.5 Å². The number of aryl methyl sites for hydroxylation is 1. The number of amides is 2. The van der Waals surface area contributed by atoms with E-state index in [0.29, 0.717) is 31.4 Å². The van der Waals surface area contributed by atoms with Crippen LogP contribution in [0.15, 0.2) is 42.7 Å². The first-order valence-corrected chi connectivity index (χ1v) is 10.2.